The number of rotatable bonds is 2. The molecule has 1 aromatic carbocycles. The number of nitrogens with zero attached hydrogens (tertiary/aromatic N) is 1. The zero-order valence-corrected chi connectivity index (χ0v) is 11.8. The van der Waals surface area contributed by atoms with Crippen molar-refractivity contribution in [3.05, 3.63) is 29.8 Å². The van der Waals surface area contributed by atoms with E-state index in [4.69, 9.17) is 10.5 Å². The molecule has 1 aromatic rings. The van der Waals surface area contributed by atoms with E-state index >= 15 is 0 Å². The normalized spacial score (nSPS) is 26.0. The molecule has 2 heterocycles. The predicted octanol–water partition coefficient (Wildman–Crippen LogP) is 2.19. The monoisotopic (exact) mass is 260 g/mol. The lowest BCUT2D eigenvalue weighted by Crippen LogP contribution is -2.59. The van der Waals surface area contributed by atoms with Gasteiger partial charge in [-0.1, -0.05) is 25.1 Å². The maximum absolute atomic E-state index is 6.17. The Morgan fingerprint density at radius 3 is 2.79 bits per heavy atom. The molecule has 0 aliphatic carbocycles. The molecule has 1 fully saturated rings. The van der Waals surface area contributed by atoms with E-state index in [-0.39, 0.29) is 5.54 Å². The molecule has 0 bridgehead atoms. The maximum Gasteiger partial charge on any atom is 0.0568 e. The highest BCUT2D eigenvalue weighted by atomic mass is 16.5. The van der Waals surface area contributed by atoms with Crippen molar-refractivity contribution in [2.45, 2.75) is 31.7 Å². The van der Waals surface area contributed by atoms with Crippen LogP contribution in [0, 0.1) is 5.92 Å². The third kappa shape index (κ3) is 2.26. The summed E-state index contributed by atoms with van der Waals surface area (Å²) in [7, 11) is 0. The first-order valence-corrected chi connectivity index (χ1v) is 7.38. The van der Waals surface area contributed by atoms with Crippen LogP contribution in [0.1, 0.15) is 25.3 Å². The van der Waals surface area contributed by atoms with Gasteiger partial charge in [0.1, 0.15) is 0 Å². The van der Waals surface area contributed by atoms with Crippen molar-refractivity contribution >= 4 is 5.69 Å². The van der Waals surface area contributed by atoms with Gasteiger partial charge in [0.15, 0.2) is 0 Å². The third-order valence-corrected chi connectivity index (χ3v) is 4.72. The fraction of sp³-hybridized carbons (Fsp3) is 0.625. The SMILES string of the molecule is CC1Cc2ccccc2N(C2(CN)CCOCC2)C1. The van der Waals surface area contributed by atoms with Crippen LogP contribution in [0.25, 0.3) is 0 Å². The molecule has 3 heteroatoms. The number of nitrogens with two attached hydrogens (primary N) is 1. The van der Waals surface area contributed by atoms with Gasteiger partial charge >= 0.3 is 0 Å². The van der Waals surface area contributed by atoms with Gasteiger partial charge in [0, 0.05) is 32.0 Å². The van der Waals surface area contributed by atoms with Crippen molar-refractivity contribution in [3.63, 3.8) is 0 Å². The Bertz CT molecular complexity index is 440. The highest BCUT2D eigenvalue weighted by molar-refractivity contribution is 5.58. The fourth-order valence-electron chi connectivity index (χ4n) is 3.58. The molecular formula is C16H24N2O. The zero-order valence-electron chi connectivity index (χ0n) is 11.8. The van der Waals surface area contributed by atoms with E-state index in [1.165, 1.54) is 17.7 Å². The van der Waals surface area contributed by atoms with Gasteiger partial charge in [0.25, 0.3) is 0 Å². The molecule has 3 nitrogen and oxygen atoms in total. The molecule has 0 spiro atoms. The smallest absolute Gasteiger partial charge is 0.0568 e. The van der Waals surface area contributed by atoms with E-state index in [0.29, 0.717) is 5.92 Å². The molecule has 19 heavy (non-hydrogen) atoms. The van der Waals surface area contributed by atoms with E-state index in [1.54, 1.807) is 0 Å². The Morgan fingerprint density at radius 1 is 1.32 bits per heavy atom. The Balaban J connectivity index is 1.99. The van der Waals surface area contributed by atoms with Crippen molar-refractivity contribution in [2.24, 2.45) is 11.7 Å². The van der Waals surface area contributed by atoms with Crippen LogP contribution in [0.3, 0.4) is 0 Å². The van der Waals surface area contributed by atoms with Crippen LogP contribution in [0.5, 0.6) is 0 Å². The summed E-state index contributed by atoms with van der Waals surface area (Å²) in [6.07, 6.45) is 3.28. The summed E-state index contributed by atoms with van der Waals surface area (Å²) in [6.45, 7) is 5.85. The molecule has 1 unspecified atom stereocenters. The van der Waals surface area contributed by atoms with E-state index < -0.39 is 0 Å². The van der Waals surface area contributed by atoms with Crippen molar-refractivity contribution in [2.75, 3.05) is 31.2 Å². The number of hydrogen-bond acceptors (Lipinski definition) is 3. The third-order valence-electron chi connectivity index (χ3n) is 4.72. The average molecular weight is 260 g/mol. The van der Waals surface area contributed by atoms with Gasteiger partial charge < -0.3 is 15.4 Å². The largest absolute Gasteiger partial charge is 0.381 e. The van der Waals surface area contributed by atoms with Crippen molar-refractivity contribution in [3.8, 4) is 0 Å². The van der Waals surface area contributed by atoms with Gasteiger partial charge in [-0.25, -0.2) is 0 Å². The first kappa shape index (κ1) is 12.9. The van der Waals surface area contributed by atoms with Crippen LogP contribution < -0.4 is 10.6 Å². The van der Waals surface area contributed by atoms with E-state index in [2.05, 4.69) is 36.1 Å². The molecule has 104 valence electrons. The second-order valence-electron chi connectivity index (χ2n) is 6.09. The molecule has 0 aromatic heterocycles. The second-order valence-corrected chi connectivity index (χ2v) is 6.09. The summed E-state index contributed by atoms with van der Waals surface area (Å²) in [5.41, 5.74) is 9.14. The van der Waals surface area contributed by atoms with Crippen molar-refractivity contribution in [1.29, 1.82) is 0 Å². The molecule has 2 aliphatic heterocycles. The zero-order chi connectivity index (χ0) is 13.3. The molecular weight excluding hydrogens is 236 g/mol. The Hall–Kier alpha value is -1.06. The number of hydrogen-bond donors (Lipinski definition) is 1. The summed E-state index contributed by atoms with van der Waals surface area (Å²) >= 11 is 0. The number of anilines is 1. The molecule has 1 atom stereocenters. The van der Waals surface area contributed by atoms with Crippen LogP contribution in [0.15, 0.2) is 24.3 Å². The van der Waals surface area contributed by atoms with E-state index in [1.807, 2.05) is 0 Å². The summed E-state index contributed by atoms with van der Waals surface area (Å²) in [4.78, 5) is 2.58. The topological polar surface area (TPSA) is 38.5 Å². The molecule has 2 aliphatic rings. The van der Waals surface area contributed by atoms with Crippen molar-refractivity contribution < 1.29 is 4.74 Å². The fourth-order valence-corrected chi connectivity index (χ4v) is 3.58. The number of ether oxygens (including phenoxy) is 1. The number of para-hydroxylation sites is 1. The number of benzene rings is 1. The Morgan fingerprint density at radius 2 is 2.05 bits per heavy atom. The standard InChI is InChI=1S/C16H24N2O/c1-13-10-14-4-2-3-5-15(14)18(11-13)16(12-17)6-8-19-9-7-16/h2-5,13H,6-12,17H2,1H3. The Labute approximate surface area is 115 Å². The van der Waals surface area contributed by atoms with Crippen LogP contribution in [0.4, 0.5) is 5.69 Å². The van der Waals surface area contributed by atoms with Gasteiger partial charge in [0.05, 0.1) is 5.54 Å². The van der Waals surface area contributed by atoms with Gasteiger partial charge in [-0.3, -0.25) is 0 Å². The minimum absolute atomic E-state index is 0.100. The summed E-state index contributed by atoms with van der Waals surface area (Å²) in [5.74, 6) is 0.696. The molecule has 0 amide bonds. The van der Waals surface area contributed by atoms with Crippen LogP contribution in [0.2, 0.25) is 0 Å². The summed E-state index contributed by atoms with van der Waals surface area (Å²) in [5, 5.41) is 0. The average Bonchev–Trinajstić information content (AvgIpc) is 2.47. The highest BCUT2D eigenvalue weighted by Gasteiger charge is 2.40. The van der Waals surface area contributed by atoms with Gasteiger partial charge in [-0.15, -0.1) is 0 Å². The summed E-state index contributed by atoms with van der Waals surface area (Å²) in [6, 6.07) is 8.81. The molecule has 3 rings (SSSR count). The minimum Gasteiger partial charge on any atom is -0.381 e. The lowest BCUT2D eigenvalue weighted by Gasteiger charge is -2.50. The summed E-state index contributed by atoms with van der Waals surface area (Å²) < 4.78 is 5.55. The molecule has 0 saturated carbocycles. The van der Waals surface area contributed by atoms with Crippen LogP contribution in [-0.4, -0.2) is 31.8 Å². The van der Waals surface area contributed by atoms with Gasteiger partial charge in [-0.05, 0) is 36.8 Å². The van der Waals surface area contributed by atoms with Crippen LogP contribution >= 0.6 is 0 Å². The van der Waals surface area contributed by atoms with Crippen LogP contribution in [-0.2, 0) is 11.2 Å². The maximum atomic E-state index is 6.17. The molecule has 2 N–H and O–H groups in total. The second kappa shape index (κ2) is 5.14. The van der Waals surface area contributed by atoms with Gasteiger partial charge in [0.2, 0.25) is 0 Å². The van der Waals surface area contributed by atoms with Crippen molar-refractivity contribution in [1.82, 2.24) is 0 Å². The van der Waals surface area contributed by atoms with E-state index in [9.17, 15) is 0 Å². The first-order valence-electron chi connectivity index (χ1n) is 7.38. The highest BCUT2D eigenvalue weighted by Crippen LogP contribution is 2.38. The number of fused-ring (bicyclic) bond motifs is 1. The molecule has 0 radical (unpaired) electrons. The Kier molecular flexibility index (Phi) is 3.50. The predicted molar refractivity (Wildman–Crippen MR) is 78.5 cm³/mol. The van der Waals surface area contributed by atoms with E-state index in [0.717, 1.165) is 39.1 Å². The molecule has 1 saturated heterocycles. The first-order chi connectivity index (χ1) is 9.25. The quantitative estimate of drug-likeness (QED) is 0.886. The minimum atomic E-state index is 0.100. The lowest BCUT2D eigenvalue weighted by molar-refractivity contribution is 0.0510. The van der Waals surface area contributed by atoms with Gasteiger partial charge in [-0.2, -0.15) is 0 Å². The lowest BCUT2D eigenvalue weighted by atomic mass is 9.83.